The monoisotopic (exact) mass is 284 g/mol. The molecule has 0 radical (unpaired) electrons. The van der Waals surface area contributed by atoms with Crippen LogP contribution in [0.4, 0.5) is 5.69 Å². The molecule has 1 aliphatic heterocycles. The molecule has 7 heteroatoms. The third kappa shape index (κ3) is 3.45. The van der Waals surface area contributed by atoms with E-state index in [1.165, 1.54) is 0 Å². The normalized spacial score (nSPS) is 23.2. The van der Waals surface area contributed by atoms with Gasteiger partial charge >= 0.3 is 5.97 Å². The Hall–Kier alpha value is -1.60. The van der Waals surface area contributed by atoms with Gasteiger partial charge in [0, 0.05) is 12.6 Å². The molecule has 1 saturated heterocycles. The Balaban J connectivity index is 2.24. The summed E-state index contributed by atoms with van der Waals surface area (Å²) in [6, 6.07) is 6.87. The SMILES string of the molecule is CS(=O)(=O)Nc1ccccc1C1CC(C(=O)O)CN1. The second-order valence-corrected chi connectivity index (χ2v) is 6.44. The van der Waals surface area contributed by atoms with Crippen LogP contribution in [0, 0.1) is 5.92 Å². The Kier molecular flexibility index (Phi) is 3.77. The van der Waals surface area contributed by atoms with Gasteiger partial charge in [-0.1, -0.05) is 18.2 Å². The van der Waals surface area contributed by atoms with Crippen LogP contribution in [-0.2, 0) is 14.8 Å². The van der Waals surface area contributed by atoms with Crippen LogP contribution in [0.15, 0.2) is 24.3 Å². The number of carbonyl (C=O) groups is 1. The van der Waals surface area contributed by atoms with E-state index in [0.717, 1.165) is 11.8 Å². The van der Waals surface area contributed by atoms with Crippen molar-refractivity contribution in [1.82, 2.24) is 5.32 Å². The maximum Gasteiger partial charge on any atom is 0.307 e. The van der Waals surface area contributed by atoms with E-state index < -0.39 is 21.9 Å². The van der Waals surface area contributed by atoms with Crippen molar-refractivity contribution < 1.29 is 18.3 Å². The lowest BCUT2D eigenvalue weighted by molar-refractivity contribution is -0.141. The third-order valence-corrected chi connectivity index (χ3v) is 3.70. The van der Waals surface area contributed by atoms with Crippen LogP contribution in [0.2, 0.25) is 0 Å². The van der Waals surface area contributed by atoms with Gasteiger partial charge in [0.25, 0.3) is 0 Å². The van der Waals surface area contributed by atoms with E-state index in [2.05, 4.69) is 10.0 Å². The summed E-state index contributed by atoms with van der Waals surface area (Å²) in [4.78, 5) is 10.9. The smallest absolute Gasteiger partial charge is 0.307 e. The van der Waals surface area contributed by atoms with E-state index >= 15 is 0 Å². The van der Waals surface area contributed by atoms with Gasteiger partial charge < -0.3 is 10.4 Å². The second kappa shape index (κ2) is 5.18. The maximum atomic E-state index is 11.3. The van der Waals surface area contributed by atoms with Gasteiger partial charge in [0.05, 0.1) is 17.9 Å². The average molecular weight is 284 g/mol. The number of carboxylic acids is 1. The molecule has 1 aromatic rings. The first-order chi connectivity index (χ1) is 8.87. The molecule has 0 saturated carbocycles. The van der Waals surface area contributed by atoms with Crippen molar-refractivity contribution in [3.8, 4) is 0 Å². The van der Waals surface area contributed by atoms with E-state index in [1.807, 2.05) is 0 Å². The van der Waals surface area contributed by atoms with E-state index in [1.54, 1.807) is 24.3 Å². The first kappa shape index (κ1) is 13.8. The molecule has 0 bridgehead atoms. The molecular formula is C12H16N2O4S. The van der Waals surface area contributed by atoms with Crippen molar-refractivity contribution in [1.29, 1.82) is 0 Å². The highest BCUT2D eigenvalue weighted by molar-refractivity contribution is 7.92. The third-order valence-electron chi connectivity index (χ3n) is 3.11. The molecule has 0 aromatic heterocycles. The van der Waals surface area contributed by atoms with Gasteiger partial charge in [0.2, 0.25) is 10.0 Å². The lowest BCUT2D eigenvalue weighted by atomic mass is 9.99. The molecular weight excluding hydrogens is 268 g/mol. The minimum atomic E-state index is -3.35. The van der Waals surface area contributed by atoms with Crippen LogP contribution in [0.3, 0.4) is 0 Å². The lowest BCUT2D eigenvalue weighted by Crippen LogP contribution is -2.18. The molecule has 1 aromatic carbocycles. The fourth-order valence-corrected chi connectivity index (χ4v) is 2.84. The summed E-state index contributed by atoms with van der Waals surface area (Å²) in [5, 5.41) is 12.1. The molecule has 19 heavy (non-hydrogen) atoms. The number of nitrogens with one attached hydrogen (secondary N) is 2. The summed E-state index contributed by atoms with van der Waals surface area (Å²) in [6.07, 6.45) is 1.55. The zero-order valence-corrected chi connectivity index (χ0v) is 11.3. The van der Waals surface area contributed by atoms with Gasteiger partial charge in [0.15, 0.2) is 0 Å². The number of para-hydroxylation sites is 1. The van der Waals surface area contributed by atoms with Crippen LogP contribution in [0.5, 0.6) is 0 Å². The standard InChI is InChI=1S/C12H16N2O4S/c1-19(17,18)14-10-5-3-2-4-9(10)11-6-8(7-13-11)12(15)16/h2-5,8,11,13-14H,6-7H2,1H3,(H,15,16). The molecule has 0 spiro atoms. The van der Waals surface area contributed by atoms with Crippen molar-refractivity contribution in [3.63, 3.8) is 0 Å². The minimum absolute atomic E-state index is 0.147. The Bertz CT molecular complexity index is 585. The van der Waals surface area contributed by atoms with Crippen molar-refractivity contribution in [3.05, 3.63) is 29.8 Å². The molecule has 2 rings (SSSR count). The molecule has 1 fully saturated rings. The van der Waals surface area contributed by atoms with Gasteiger partial charge in [-0.15, -0.1) is 0 Å². The fraction of sp³-hybridized carbons (Fsp3) is 0.417. The van der Waals surface area contributed by atoms with Gasteiger partial charge in [0.1, 0.15) is 0 Å². The zero-order chi connectivity index (χ0) is 14.0. The summed E-state index contributed by atoms with van der Waals surface area (Å²) in [7, 11) is -3.35. The number of carboxylic acid groups (broad SMARTS) is 1. The van der Waals surface area contributed by atoms with Gasteiger partial charge in [-0.2, -0.15) is 0 Å². The quantitative estimate of drug-likeness (QED) is 0.760. The first-order valence-corrected chi connectivity index (χ1v) is 7.79. The highest BCUT2D eigenvalue weighted by atomic mass is 32.2. The van der Waals surface area contributed by atoms with E-state index in [-0.39, 0.29) is 6.04 Å². The number of hydrogen-bond donors (Lipinski definition) is 3. The van der Waals surface area contributed by atoms with Gasteiger partial charge in [-0.05, 0) is 18.1 Å². The fourth-order valence-electron chi connectivity index (χ4n) is 2.25. The molecule has 6 nitrogen and oxygen atoms in total. The summed E-state index contributed by atoms with van der Waals surface area (Å²) >= 11 is 0. The molecule has 2 unspecified atom stereocenters. The summed E-state index contributed by atoms with van der Waals surface area (Å²) in [6.45, 7) is 0.396. The topological polar surface area (TPSA) is 95.5 Å². The number of hydrogen-bond acceptors (Lipinski definition) is 4. The van der Waals surface area contributed by atoms with E-state index in [0.29, 0.717) is 18.7 Å². The highest BCUT2D eigenvalue weighted by Gasteiger charge is 2.31. The predicted molar refractivity (Wildman–Crippen MR) is 71.4 cm³/mol. The van der Waals surface area contributed by atoms with Crippen LogP contribution in [-0.4, -0.2) is 32.3 Å². The van der Waals surface area contributed by atoms with Crippen LogP contribution in [0.25, 0.3) is 0 Å². The molecule has 0 amide bonds. The van der Waals surface area contributed by atoms with Crippen LogP contribution < -0.4 is 10.0 Å². The largest absolute Gasteiger partial charge is 0.481 e. The maximum absolute atomic E-state index is 11.3. The van der Waals surface area contributed by atoms with Crippen molar-refractivity contribution in [2.24, 2.45) is 5.92 Å². The molecule has 0 aliphatic carbocycles. The van der Waals surface area contributed by atoms with E-state index in [9.17, 15) is 13.2 Å². The number of sulfonamides is 1. The number of anilines is 1. The van der Waals surface area contributed by atoms with Crippen molar-refractivity contribution >= 4 is 21.7 Å². The molecule has 1 aliphatic rings. The summed E-state index contributed by atoms with van der Waals surface area (Å²) < 4.78 is 25.1. The van der Waals surface area contributed by atoms with Gasteiger partial charge in [-0.25, -0.2) is 8.42 Å². The molecule has 3 N–H and O–H groups in total. The summed E-state index contributed by atoms with van der Waals surface area (Å²) in [5.41, 5.74) is 1.27. The lowest BCUT2D eigenvalue weighted by Gasteiger charge is -2.16. The molecule has 2 atom stereocenters. The van der Waals surface area contributed by atoms with Crippen LogP contribution in [0.1, 0.15) is 18.0 Å². The molecule has 104 valence electrons. The Morgan fingerprint density at radius 1 is 1.42 bits per heavy atom. The first-order valence-electron chi connectivity index (χ1n) is 5.90. The average Bonchev–Trinajstić information content (AvgIpc) is 2.76. The Morgan fingerprint density at radius 3 is 2.68 bits per heavy atom. The predicted octanol–water partition coefficient (Wildman–Crippen LogP) is 0.793. The number of benzene rings is 1. The highest BCUT2D eigenvalue weighted by Crippen LogP contribution is 2.32. The van der Waals surface area contributed by atoms with Gasteiger partial charge in [-0.3, -0.25) is 9.52 Å². The molecule has 1 heterocycles. The Morgan fingerprint density at radius 2 is 2.11 bits per heavy atom. The van der Waals surface area contributed by atoms with Crippen molar-refractivity contribution in [2.75, 3.05) is 17.5 Å². The minimum Gasteiger partial charge on any atom is -0.481 e. The number of aliphatic carboxylic acids is 1. The summed E-state index contributed by atoms with van der Waals surface area (Å²) in [5.74, 6) is -1.26. The second-order valence-electron chi connectivity index (χ2n) is 4.69. The Labute approximate surface area is 111 Å². The van der Waals surface area contributed by atoms with E-state index in [4.69, 9.17) is 5.11 Å². The van der Waals surface area contributed by atoms with Crippen molar-refractivity contribution in [2.45, 2.75) is 12.5 Å². The van der Waals surface area contributed by atoms with Crippen LogP contribution >= 0.6 is 0 Å². The zero-order valence-electron chi connectivity index (χ0n) is 10.5. The number of rotatable bonds is 4.